The van der Waals surface area contributed by atoms with Gasteiger partial charge < -0.3 is 5.32 Å². The van der Waals surface area contributed by atoms with E-state index in [1.54, 1.807) is 0 Å². The molecule has 1 N–H and O–H groups in total. The van der Waals surface area contributed by atoms with E-state index in [0.29, 0.717) is 37.8 Å². The number of rotatable bonds is 3. The van der Waals surface area contributed by atoms with Crippen LogP contribution in [0.2, 0.25) is 0 Å². The molecule has 17 heavy (non-hydrogen) atoms. The monoisotopic (exact) mass is 250 g/mol. The molecule has 1 saturated carbocycles. The summed E-state index contributed by atoms with van der Waals surface area (Å²) >= 11 is 0. The van der Waals surface area contributed by atoms with Crippen molar-refractivity contribution >= 4 is 0 Å². The van der Waals surface area contributed by atoms with Gasteiger partial charge in [0.05, 0.1) is 5.92 Å². The fraction of sp³-hybridized carbons (Fsp3) is 1.00. The Hall–Kier alpha value is -0.290. The van der Waals surface area contributed by atoms with Crippen LogP contribution in [0.3, 0.4) is 0 Å². The molecule has 0 spiro atoms. The van der Waals surface area contributed by atoms with Gasteiger partial charge >= 0.3 is 6.18 Å². The lowest BCUT2D eigenvalue weighted by Gasteiger charge is -2.45. The highest BCUT2D eigenvalue weighted by Gasteiger charge is 2.43. The normalized spacial score (nSPS) is 31.6. The summed E-state index contributed by atoms with van der Waals surface area (Å²) in [6.07, 6.45) is -1.96. The van der Waals surface area contributed by atoms with Crippen molar-refractivity contribution < 1.29 is 13.2 Å². The lowest BCUT2D eigenvalue weighted by Crippen LogP contribution is -2.60. The summed E-state index contributed by atoms with van der Waals surface area (Å²) in [6, 6.07) is 0.915. The Morgan fingerprint density at radius 3 is 2.00 bits per heavy atom. The Morgan fingerprint density at radius 2 is 1.65 bits per heavy atom. The van der Waals surface area contributed by atoms with Crippen molar-refractivity contribution in [3.63, 3.8) is 0 Å². The van der Waals surface area contributed by atoms with Gasteiger partial charge in [-0.2, -0.15) is 13.2 Å². The Labute approximate surface area is 101 Å². The molecular weight excluding hydrogens is 229 g/mol. The molecule has 5 heteroatoms. The largest absolute Gasteiger partial charge is 0.391 e. The van der Waals surface area contributed by atoms with E-state index in [2.05, 4.69) is 17.1 Å². The predicted octanol–water partition coefficient (Wildman–Crippen LogP) is 2.40. The third-order valence-electron chi connectivity index (χ3n) is 4.22. The smallest absolute Gasteiger partial charge is 0.314 e. The first-order valence-electron chi connectivity index (χ1n) is 6.55. The van der Waals surface area contributed by atoms with Gasteiger partial charge in [0.1, 0.15) is 0 Å². The molecule has 0 aromatic carbocycles. The highest BCUT2D eigenvalue weighted by atomic mass is 19.4. The van der Waals surface area contributed by atoms with Crippen molar-refractivity contribution in [2.24, 2.45) is 5.92 Å². The molecule has 1 aliphatic heterocycles. The summed E-state index contributed by atoms with van der Waals surface area (Å²) in [5.41, 5.74) is 0. The Bertz CT molecular complexity index is 243. The number of nitrogens with zero attached hydrogens (tertiary/aromatic N) is 1. The zero-order valence-corrected chi connectivity index (χ0v) is 10.3. The molecule has 2 nitrogen and oxygen atoms in total. The first kappa shape index (κ1) is 13.1. The van der Waals surface area contributed by atoms with Crippen LogP contribution in [0.1, 0.15) is 32.6 Å². The maximum absolute atomic E-state index is 12.6. The summed E-state index contributed by atoms with van der Waals surface area (Å²) in [5, 5.41) is 3.23. The second kappa shape index (κ2) is 5.14. The van der Waals surface area contributed by atoms with Crippen LogP contribution in [0.25, 0.3) is 0 Å². The van der Waals surface area contributed by atoms with Crippen LogP contribution in [-0.2, 0) is 0 Å². The molecular formula is C12H21F3N2. The van der Waals surface area contributed by atoms with Gasteiger partial charge in [0.2, 0.25) is 0 Å². The molecule has 2 rings (SSSR count). The van der Waals surface area contributed by atoms with Crippen molar-refractivity contribution in [2.75, 3.05) is 19.6 Å². The second-order valence-corrected chi connectivity index (χ2v) is 5.19. The summed E-state index contributed by atoms with van der Waals surface area (Å²) < 4.78 is 37.7. The van der Waals surface area contributed by atoms with Gasteiger partial charge in [-0.25, -0.2) is 0 Å². The summed E-state index contributed by atoms with van der Waals surface area (Å²) in [5.74, 6) is -1.06. The van der Waals surface area contributed by atoms with Crippen molar-refractivity contribution in [3.05, 3.63) is 0 Å². The first-order chi connectivity index (χ1) is 8.02. The standard InChI is InChI=1S/C12H21F3N2/c1-2-17(11-7-16-8-11)10-5-3-9(4-6-10)12(13,14)15/h9-11,16H,2-8H2,1H3. The Kier molecular flexibility index (Phi) is 3.98. The summed E-state index contributed by atoms with van der Waals surface area (Å²) in [6.45, 7) is 5.04. The number of nitrogens with one attached hydrogen (secondary N) is 1. The van der Waals surface area contributed by atoms with E-state index in [1.807, 2.05) is 0 Å². The average Bonchev–Trinajstić information content (AvgIpc) is 2.22. The molecule has 0 aromatic rings. The maximum Gasteiger partial charge on any atom is 0.391 e. The van der Waals surface area contributed by atoms with Crippen molar-refractivity contribution in [2.45, 2.75) is 50.9 Å². The molecule has 2 aliphatic rings. The molecule has 2 fully saturated rings. The Morgan fingerprint density at radius 1 is 1.06 bits per heavy atom. The van der Waals surface area contributed by atoms with Crippen molar-refractivity contribution in [3.8, 4) is 0 Å². The molecule has 100 valence electrons. The van der Waals surface area contributed by atoms with E-state index in [4.69, 9.17) is 0 Å². The van der Waals surface area contributed by atoms with E-state index in [0.717, 1.165) is 19.6 Å². The highest BCUT2D eigenvalue weighted by molar-refractivity contribution is 4.90. The van der Waals surface area contributed by atoms with Crippen LogP contribution < -0.4 is 5.32 Å². The zero-order valence-electron chi connectivity index (χ0n) is 10.3. The molecule has 1 heterocycles. The van der Waals surface area contributed by atoms with E-state index in [-0.39, 0.29) is 0 Å². The third-order valence-corrected chi connectivity index (χ3v) is 4.22. The molecule has 0 aromatic heterocycles. The van der Waals surface area contributed by atoms with Crippen LogP contribution in [0.5, 0.6) is 0 Å². The highest BCUT2D eigenvalue weighted by Crippen LogP contribution is 2.39. The van der Waals surface area contributed by atoms with Gasteiger partial charge in [-0.3, -0.25) is 4.90 Å². The van der Waals surface area contributed by atoms with Gasteiger partial charge in [-0.05, 0) is 32.2 Å². The van der Waals surface area contributed by atoms with Crippen LogP contribution >= 0.6 is 0 Å². The average molecular weight is 250 g/mol. The fourth-order valence-electron chi connectivity index (χ4n) is 3.06. The van der Waals surface area contributed by atoms with E-state index in [9.17, 15) is 13.2 Å². The maximum atomic E-state index is 12.6. The van der Waals surface area contributed by atoms with Gasteiger partial charge in [0.25, 0.3) is 0 Å². The van der Waals surface area contributed by atoms with Crippen LogP contribution in [0.4, 0.5) is 13.2 Å². The molecule has 1 saturated heterocycles. The zero-order chi connectivity index (χ0) is 12.5. The van der Waals surface area contributed by atoms with Crippen molar-refractivity contribution in [1.82, 2.24) is 10.2 Å². The van der Waals surface area contributed by atoms with Crippen molar-refractivity contribution in [1.29, 1.82) is 0 Å². The van der Waals surface area contributed by atoms with Gasteiger partial charge in [0.15, 0.2) is 0 Å². The molecule has 0 amide bonds. The molecule has 0 bridgehead atoms. The Balaban J connectivity index is 1.85. The van der Waals surface area contributed by atoms with E-state index in [1.165, 1.54) is 0 Å². The SMILES string of the molecule is CCN(C1CCC(C(F)(F)F)CC1)C1CNC1. The minimum atomic E-state index is -3.99. The number of hydrogen-bond acceptors (Lipinski definition) is 2. The molecule has 0 unspecified atom stereocenters. The van der Waals surface area contributed by atoms with Gasteiger partial charge in [0, 0.05) is 25.2 Å². The quantitative estimate of drug-likeness (QED) is 0.827. The topological polar surface area (TPSA) is 15.3 Å². The van der Waals surface area contributed by atoms with Gasteiger partial charge in [-0.1, -0.05) is 6.92 Å². The molecule has 1 aliphatic carbocycles. The lowest BCUT2D eigenvalue weighted by molar-refractivity contribution is -0.185. The van der Waals surface area contributed by atoms with Gasteiger partial charge in [-0.15, -0.1) is 0 Å². The third kappa shape index (κ3) is 2.94. The minimum Gasteiger partial charge on any atom is -0.314 e. The summed E-state index contributed by atoms with van der Waals surface area (Å²) in [7, 11) is 0. The summed E-state index contributed by atoms with van der Waals surface area (Å²) in [4.78, 5) is 2.39. The molecule has 0 radical (unpaired) electrons. The lowest BCUT2D eigenvalue weighted by atomic mass is 9.84. The van der Waals surface area contributed by atoms with Crippen LogP contribution in [-0.4, -0.2) is 42.8 Å². The van der Waals surface area contributed by atoms with Crippen LogP contribution in [0.15, 0.2) is 0 Å². The number of hydrogen-bond donors (Lipinski definition) is 1. The first-order valence-corrected chi connectivity index (χ1v) is 6.55. The van der Waals surface area contributed by atoms with E-state index >= 15 is 0 Å². The number of alkyl halides is 3. The van der Waals surface area contributed by atoms with E-state index < -0.39 is 12.1 Å². The molecule has 0 atom stereocenters. The minimum absolute atomic E-state index is 0.310. The fourth-order valence-corrected chi connectivity index (χ4v) is 3.06. The number of likely N-dealkylation sites (N-methyl/N-ethyl adjacent to an activating group) is 1. The second-order valence-electron chi connectivity index (χ2n) is 5.19. The van der Waals surface area contributed by atoms with Crippen LogP contribution in [0, 0.1) is 5.92 Å². The number of halogens is 3. The predicted molar refractivity (Wildman–Crippen MR) is 60.8 cm³/mol.